The van der Waals surface area contributed by atoms with Gasteiger partial charge in [-0.15, -0.1) is 0 Å². The lowest BCUT2D eigenvalue weighted by atomic mass is 9.87. The molecule has 2 aromatic rings. The summed E-state index contributed by atoms with van der Waals surface area (Å²) < 4.78 is 1.23. The predicted octanol–water partition coefficient (Wildman–Crippen LogP) is 1.15. The van der Waals surface area contributed by atoms with Crippen molar-refractivity contribution < 1.29 is 0 Å². The third kappa shape index (κ3) is 2.33. The Balaban J connectivity index is 2.01. The van der Waals surface area contributed by atoms with Crippen LogP contribution in [0.3, 0.4) is 0 Å². The molecule has 0 aliphatic heterocycles. The maximum absolute atomic E-state index is 12.0. The van der Waals surface area contributed by atoms with Crippen LogP contribution in [-0.2, 0) is 13.5 Å². The summed E-state index contributed by atoms with van der Waals surface area (Å²) in [4.78, 5) is 25.8. The lowest BCUT2D eigenvalue weighted by molar-refractivity contribution is 0.598. The van der Waals surface area contributed by atoms with E-state index in [0.29, 0.717) is 0 Å². The van der Waals surface area contributed by atoms with Crippen molar-refractivity contribution in [1.29, 1.82) is 0 Å². The molecule has 0 spiro atoms. The highest BCUT2D eigenvalue weighted by Crippen LogP contribution is 2.32. The van der Waals surface area contributed by atoms with Crippen LogP contribution >= 0.6 is 0 Å². The number of hydrogen-bond donors (Lipinski definition) is 3. The maximum atomic E-state index is 12.0. The second-order valence-electron chi connectivity index (χ2n) is 5.37. The molecule has 110 valence electrons. The number of nitrogen functional groups attached to an aromatic ring is 1. The quantitative estimate of drug-likeness (QED) is 0.772. The van der Waals surface area contributed by atoms with Gasteiger partial charge in [-0.2, -0.15) is 0 Å². The highest BCUT2D eigenvalue weighted by Gasteiger charge is 2.22. The number of aryl methyl sites for hydroxylation is 1. The van der Waals surface area contributed by atoms with Crippen molar-refractivity contribution in [3.05, 3.63) is 56.2 Å². The van der Waals surface area contributed by atoms with Crippen molar-refractivity contribution in [2.75, 3.05) is 11.1 Å². The Bertz CT molecular complexity index is 791. The highest BCUT2D eigenvalue weighted by molar-refractivity contribution is 5.61. The van der Waals surface area contributed by atoms with Gasteiger partial charge in [0.05, 0.1) is 6.04 Å². The minimum absolute atomic E-state index is 0.0378. The molecule has 6 heteroatoms. The second kappa shape index (κ2) is 5.12. The van der Waals surface area contributed by atoms with Crippen molar-refractivity contribution >= 4 is 11.5 Å². The fourth-order valence-electron chi connectivity index (χ4n) is 2.85. The fourth-order valence-corrected chi connectivity index (χ4v) is 2.85. The van der Waals surface area contributed by atoms with E-state index in [1.54, 1.807) is 0 Å². The number of rotatable bonds is 2. The molecule has 1 atom stereocenters. The van der Waals surface area contributed by atoms with Crippen LogP contribution in [0.2, 0.25) is 0 Å². The summed E-state index contributed by atoms with van der Waals surface area (Å²) in [5, 5.41) is 3.21. The monoisotopic (exact) mass is 286 g/mol. The van der Waals surface area contributed by atoms with Crippen LogP contribution in [-0.4, -0.2) is 9.55 Å². The van der Waals surface area contributed by atoms with Crippen LogP contribution in [0.5, 0.6) is 0 Å². The zero-order valence-electron chi connectivity index (χ0n) is 11.8. The average Bonchev–Trinajstić information content (AvgIpc) is 2.49. The summed E-state index contributed by atoms with van der Waals surface area (Å²) >= 11 is 0. The molecule has 0 radical (unpaired) electrons. The molecule has 1 aromatic heterocycles. The normalized spacial score (nSPS) is 17.3. The molecule has 21 heavy (non-hydrogen) atoms. The summed E-state index contributed by atoms with van der Waals surface area (Å²) in [7, 11) is 1.54. The smallest absolute Gasteiger partial charge is 0.329 e. The van der Waals surface area contributed by atoms with Crippen LogP contribution in [0.1, 0.15) is 30.0 Å². The number of nitrogens with two attached hydrogens (primary N) is 1. The standard InChI is InChI=1S/C15H18N4O2/c1-19-13(16)12(14(20)18-15(19)21)17-11-8-4-6-9-5-2-3-7-10(9)11/h2-3,5,7,11,17H,4,6,8,16H2,1H3,(H,18,20,21). The van der Waals surface area contributed by atoms with Gasteiger partial charge in [-0.1, -0.05) is 24.3 Å². The van der Waals surface area contributed by atoms with E-state index in [-0.39, 0.29) is 17.5 Å². The Morgan fingerprint density at radius 1 is 1.33 bits per heavy atom. The van der Waals surface area contributed by atoms with Gasteiger partial charge in [-0.3, -0.25) is 14.3 Å². The molecule has 1 aliphatic carbocycles. The molecule has 1 heterocycles. The predicted molar refractivity (Wildman–Crippen MR) is 82.5 cm³/mol. The lowest BCUT2D eigenvalue weighted by Crippen LogP contribution is -2.33. The van der Waals surface area contributed by atoms with Gasteiger partial charge in [-0.25, -0.2) is 4.79 Å². The number of H-pyrrole nitrogens is 1. The van der Waals surface area contributed by atoms with Gasteiger partial charge in [0.1, 0.15) is 11.5 Å². The molecule has 1 unspecified atom stereocenters. The number of fused-ring (bicyclic) bond motifs is 1. The summed E-state index contributed by atoms with van der Waals surface area (Å²) in [5.74, 6) is 0.159. The summed E-state index contributed by atoms with van der Waals surface area (Å²) in [6.07, 6.45) is 3.03. The highest BCUT2D eigenvalue weighted by atomic mass is 16.2. The summed E-state index contributed by atoms with van der Waals surface area (Å²) in [5.41, 5.74) is 7.67. The van der Waals surface area contributed by atoms with E-state index in [0.717, 1.165) is 19.3 Å². The number of anilines is 2. The molecule has 6 nitrogen and oxygen atoms in total. The molecule has 0 fully saturated rings. The van der Waals surface area contributed by atoms with Crippen molar-refractivity contribution in [3.63, 3.8) is 0 Å². The van der Waals surface area contributed by atoms with Gasteiger partial charge in [-0.05, 0) is 30.4 Å². The molecule has 0 saturated carbocycles. The van der Waals surface area contributed by atoms with Gasteiger partial charge in [0.15, 0.2) is 0 Å². The van der Waals surface area contributed by atoms with E-state index in [2.05, 4.69) is 22.4 Å². The molecule has 3 rings (SSSR count). The first-order chi connectivity index (χ1) is 10.1. The Morgan fingerprint density at radius 3 is 2.90 bits per heavy atom. The van der Waals surface area contributed by atoms with Crippen molar-refractivity contribution in [3.8, 4) is 0 Å². The Hall–Kier alpha value is -2.50. The number of nitrogens with zero attached hydrogens (tertiary/aromatic N) is 1. The topological polar surface area (TPSA) is 92.9 Å². The van der Waals surface area contributed by atoms with Crippen molar-refractivity contribution in [2.24, 2.45) is 7.05 Å². The first-order valence-corrected chi connectivity index (χ1v) is 7.01. The zero-order valence-corrected chi connectivity index (χ0v) is 11.8. The largest absolute Gasteiger partial charge is 0.383 e. The van der Waals surface area contributed by atoms with Crippen molar-refractivity contribution in [1.82, 2.24) is 9.55 Å². The van der Waals surface area contributed by atoms with E-state index < -0.39 is 11.2 Å². The Labute approximate surface area is 121 Å². The number of hydrogen-bond acceptors (Lipinski definition) is 4. The first-order valence-electron chi connectivity index (χ1n) is 7.01. The van der Waals surface area contributed by atoms with E-state index >= 15 is 0 Å². The van der Waals surface area contributed by atoms with Gasteiger partial charge in [0.25, 0.3) is 5.56 Å². The van der Waals surface area contributed by atoms with Crippen LogP contribution in [0, 0.1) is 0 Å². The Morgan fingerprint density at radius 2 is 2.10 bits per heavy atom. The third-order valence-corrected chi connectivity index (χ3v) is 4.06. The molecular formula is C15H18N4O2. The number of nitrogens with one attached hydrogen (secondary N) is 2. The van der Waals surface area contributed by atoms with Gasteiger partial charge < -0.3 is 11.1 Å². The van der Waals surface area contributed by atoms with E-state index in [4.69, 9.17) is 5.73 Å². The Kier molecular flexibility index (Phi) is 3.29. The van der Waals surface area contributed by atoms with Crippen molar-refractivity contribution in [2.45, 2.75) is 25.3 Å². The molecular weight excluding hydrogens is 268 g/mol. The van der Waals surface area contributed by atoms with Gasteiger partial charge >= 0.3 is 5.69 Å². The molecule has 0 saturated heterocycles. The molecule has 1 aliphatic rings. The minimum atomic E-state index is -0.507. The van der Waals surface area contributed by atoms with Crippen LogP contribution in [0.25, 0.3) is 0 Å². The SMILES string of the molecule is Cn1c(N)c(NC2CCCc3ccccc32)c(=O)[nH]c1=O. The fraction of sp³-hybridized carbons (Fsp3) is 0.333. The molecule has 4 N–H and O–H groups in total. The average molecular weight is 286 g/mol. The summed E-state index contributed by atoms with van der Waals surface area (Å²) in [6.45, 7) is 0. The second-order valence-corrected chi connectivity index (χ2v) is 5.37. The number of aromatic amines is 1. The zero-order chi connectivity index (χ0) is 15.0. The van der Waals surface area contributed by atoms with E-state index in [1.807, 2.05) is 12.1 Å². The van der Waals surface area contributed by atoms with Crippen LogP contribution in [0.4, 0.5) is 11.5 Å². The van der Waals surface area contributed by atoms with Gasteiger partial charge in [0, 0.05) is 7.05 Å². The summed E-state index contributed by atoms with van der Waals surface area (Å²) in [6, 6.07) is 8.23. The third-order valence-electron chi connectivity index (χ3n) is 4.06. The minimum Gasteiger partial charge on any atom is -0.383 e. The molecule has 0 bridgehead atoms. The van der Waals surface area contributed by atoms with E-state index in [1.165, 1.54) is 22.7 Å². The van der Waals surface area contributed by atoms with E-state index in [9.17, 15) is 9.59 Å². The number of benzene rings is 1. The lowest BCUT2D eigenvalue weighted by Gasteiger charge is -2.27. The van der Waals surface area contributed by atoms with Gasteiger partial charge in [0.2, 0.25) is 0 Å². The molecule has 1 aromatic carbocycles. The molecule has 0 amide bonds. The first kappa shape index (κ1) is 13.5. The van der Waals surface area contributed by atoms with Crippen LogP contribution in [0.15, 0.2) is 33.9 Å². The van der Waals surface area contributed by atoms with Crippen LogP contribution < -0.4 is 22.3 Å². The maximum Gasteiger partial charge on any atom is 0.329 e. The number of aromatic nitrogens is 2.